The molecular weight excluding hydrogens is 366 g/mol. The molecule has 1 saturated heterocycles. The minimum Gasteiger partial charge on any atom is -0.496 e. The van der Waals surface area contributed by atoms with Gasteiger partial charge in [0.25, 0.3) is 5.56 Å². The van der Waals surface area contributed by atoms with Crippen molar-refractivity contribution in [2.45, 2.75) is 39.3 Å². The Morgan fingerprint density at radius 2 is 1.69 bits per heavy atom. The minimum atomic E-state index is 0.0328. The van der Waals surface area contributed by atoms with E-state index in [1.807, 2.05) is 20.0 Å². The Morgan fingerprint density at radius 1 is 1.10 bits per heavy atom. The quantitative estimate of drug-likeness (QED) is 0.810. The predicted molar refractivity (Wildman–Crippen MR) is 117 cm³/mol. The molecule has 0 aliphatic carbocycles. The normalized spacial score (nSPS) is 15.0. The molecule has 6 nitrogen and oxygen atoms in total. The fraction of sp³-hybridized carbons (Fsp3) is 0.522. The molecule has 0 unspecified atom stereocenters. The Morgan fingerprint density at radius 3 is 2.24 bits per heavy atom. The highest BCUT2D eigenvalue weighted by Crippen LogP contribution is 2.37. The van der Waals surface area contributed by atoms with E-state index in [-0.39, 0.29) is 5.56 Å². The largest absolute Gasteiger partial charge is 0.496 e. The molecule has 0 spiro atoms. The number of nitrogens with zero attached hydrogens (tertiary/aromatic N) is 2. The van der Waals surface area contributed by atoms with Crippen LogP contribution in [0.1, 0.15) is 29.5 Å². The number of piperidine rings is 1. The number of pyridine rings is 1. The van der Waals surface area contributed by atoms with Crippen molar-refractivity contribution in [3.8, 4) is 22.6 Å². The number of benzene rings is 1. The van der Waals surface area contributed by atoms with Crippen LogP contribution in [0.25, 0.3) is 11.1 Å². The van der Waals surface area contributed by atoms with Gasteiger partial charge < -0.3 is 19.4 Å². The maximum absolute atomic E-state index is 12.2. The van der Waals surface area contributed by atoms with Crippen molar-refractivity contribution < 1.29 is 9.47 Å². The maximum Gasteiger partial charge on any atom is 0.253 e. The van der Waals surface area contributed by atoms with Gasteiger partial charge in [0.1, 0.15) is 11.5 Å². The molecule has 158 valence electrons. The predicted octanol–water partition coefficient (Wildman–Crippen LogP) is 2.87. The van der Waals surface area contributed by atoms with Gasteiger partial charge in [-0.25, -0.2) is 0 Å². The Bertz CT molecular complexity index is 905. The zero-order chi connectivity index (χ0) is 21.1. The van der Waals surface area contributed by atoms with Gasteiger partial charge >= 0.3 is 0 Å². The molecule has 2 heterocycles. The number of hydrogen-bond donors (Lipinski definition) is 1. The first-order chi connectivity index (χ1) is 13.9. The molecule has 1 aliphatic heterocycles. The molecule has 0 atom stereocenters. The van der Waals surface area contributed by atoms with Crippen LogP contribution < -0.4 is 20.3 Å². The van der Waals surface area contributed by atoms with Gasteiger partial charge in [-0.05, 0) is 70.1 Å². The lowest BCUT2D eigenvalue weighted by molar-refractivity contribution is 0.188. The monoisotopic (exact) mass is 399 g/mol. The summed E-state index contributed by atoms with van der Waals surface area (Å²) in [7, 11) is 7.36. The summed E-state index contributed by atoms with van der Waals surface area (Å²) in [6.07, 6.45) is 4.19. The number of aryl methyl sites for hydroxylation is 1. The highest BCUT2D eigenvalue weighted by atomic mass is 16.5. The number of aromatic nitrogens is 1. The van der Waals surface area contributed by atoms with Crippen molar-refractivity contribution >= 4 is 0 Å². The third-order valence-corrected chi connectivity index (χ3v) is 6.19. The summed E-state index contributed by atoms with van der Waals surface area (Å²) in [5.74, 6) is 1.62. The third-order valence-electron chi connectivity index (χ3n) is 6.19. The van der Waals surface area contributed by atoms with Crippen molar-refractivity contribution in [2.24, 2.45) is 7.05 Å². The van der Waals surface area contributed by atoms with E-state index < -0.39 is 0 Å². The molecule has 1 N–H and O–H groups in total. The van der Waals surface area contributed by atoms with E-state index in [0.717, 1.165) is 71.8 Å². The molecule has 3 rings (SSSR count). The van der Waals surface area contributed by atoms with Crippen LogP contribution in [0.5, 0.6) is 11.5 Å². The lowest BCUT2D eigenvalue weighted by Gasteiger charge is -2.32. The second-order valence-electron chi connectivity index (χ2n) is 7.96. The van der Waals surface area contributed by atoms with Crippen LogP contribution >= 0.6 is 0 Å². The zero-order valence-electron chi connectivity index (χ0n) is 18.5. The van der Waals surface area contributed by atoms with E-state index in [1.165, 1.54) is 0 Å². The van der Waals surface area contributed by atoms with Crippen LogP contribution in [0, 0.1) is 13.8 Å². The van der Waals surface area contributed by atoms with Crippen LogP contribution in [0.15, 0.2) is 23.1 Å². The highest BCUT2D eigenvalue weighted by molar-refractivity contribution is 5.72. The highest BCUT2D eigenvalue weighted by Gasteiger charge is 2.22. The van der Waals surface area contributed by atoms with Crippen molar-refractivity contribution in [1.29, 1.82) is 0 Å². The van der Waals surface area contributed by atoms with Crippen LogP contribution in [-0.2, 0) is 13.6 Å². The van der Waals surface area contributed by atoms with Crippen LogP contribution in [0.4, 0.5) is 0 Å². The smallest absolute Gasteiger partial charge is 0.253 e. The first-order valence-electron chi connectivity index (χ1n) is 10.2. The fourth-order valence-electron chi connectivity index (χ4n) is 4.19. The lowest BCUT2D eigenvalue weighted by Crippen LogP contribution is -2.40. The molecule has 0 amide bonds. The summed E-state index contributed by atoms with van der Waals surface area (Å²) in [4.78, 5) is 14.6. The summed E-state index contributed by atoms with van der Waals surface area (Å²) in [5.41, 5.74) is 4.83. The summed E-state index contributed by atoms with van der Waals surface area (Å²) in [6.45, 7) is 6.76. The van der Waals surface area contributed by atoms with Gasteiger partial charge in [0, 0.05) is 37.0 Å². The number of methoxy groups -OCH3 is 2. The van der Waals surface area contributed by atoms with Gasteiger partial charge in [0.05, 0.1) is 19.8 Å². The number of rotatable bonds is 6. The number of hydrogen-bond acceptors (Lipinski definition) is 5. The Labute approximate surface area is 173 Å². The molecule has 1 aliphatic rings. The van der Waals surface area contributed by atoms with Gasteiger partial charge in [-0.15, -0.1) is 0 Å². The average Bonchev–Trinajstić information content (AvgIpc) is 2.75. The van der Waals surface area contributed by atoms with Crippen molar-refractivity contribution in [3.05, 3.63) is 45.4 Å². The first-order valence-corrected chi connectivity index (χ1v) is 10.2. The molecule has 6 heteroatoms. The third kappa shape index (κ3) is 4.33. The second kappa shape index (κ2) is 9.01. The summed E-state index contributed by atoms with van der Waals surface area (Å²) >= 11 is 0. The van der Waals surface area contributed by atoms with Gasteiger partial charge in [0.15, 0.2) is 0 Å². The molecule has 29 heavy (non-hydrogen) atoms. The van der Waals surface area contributed by atoms with E-state index in [0.29, 0.717) is 6.04 Å². The first kappa shape index (κ1) is 21.4. The van der Waals surface area contributed by atoms with Gasteiger partial charge in [0.2, 0.25) is 0 Å². The average molecular weight is 400 g/mol. The SMILES string of the molecule is COc1cc(-c2cn(C)c(=O)c(C)c2C)cc(OC)c1CN(C)C1CCNCC1. The Kier molecular flexibility index (Phi) is 6.65. The summed E-state index contributed by atoms with van der Waals surface area (Å²) < 4.78 is 13.2. The standard InChI is InChI=1S/C23H33N3O3/c1-15-16(2)23(27)26(4)13-19(15)17-11-21(28-5)20(22(12-17)29-6)14-25(3)18-7-9-24-10-8-18/h11-13,18,24H,7-10,14H2,1-6H3. The zero-order valence-corrected chi connectivity index (χ0v) is 18.5. The fourth-order valence-corrected chi connectivity index (χ4v) is 4.19. The molecule has 1 aromatic carbocycles. The van der Waals surface area contributed by atoms with Crippen LogP contribution in [-0.4, -0.2) is 49.9 Å². The summed E-state index contributed by atoms with van der Waals surface area (Å²) in [5, 5.41) is 3.42. The summed E-state index contributed by atoms with van der Waals surface area (Å²) in [6, 6.07) is 4.67. The van der Waals surface area contributed by atoms with E-state index in [9.17, 15) is 4.79 Å². The van der Waals surface area contributed by atoms with E-state index in [4.69, 9.17) is 9.47 Å². The van der Waals surface area contributed by atoms with Crippen LogP contribution in [0.2, 0.25) is 0 Å². The topological polar surface area (TPSA) is 55.7 Å². The lowest BCUT2D eigenvalue weighted by atomic mass is 9.97. The minimum absolute atomic E-state index is 0.0328. The molecule has 0 radical (unpaired) electrons. The Hall–Kier alpha value is -2.31. The number of nitrogens with one attached hydrogen (secondary N) is 1. The molecule has 0 saturated carbocycles. The second-order valence-corrected chi connectivity index (χ2v) is 7.96. The molecule has 0 bridgehead atoms. The van der Waals surface area contributed by atoms with Gasteiger partial charge in [-0.2, -0.15) is 0 Å². The molecule has 2 aromatic rings. The molecule has 1 aromatic heterocycles. The maximum atomic E-state index is 12.2. The number of ether oxygens (including phenoxy) is 2. The van der Waals surface area contributed by atoms with E-state index in [2.05, 4.69) is 29.4 Å². The van der Waals surface area contributed by atoms with Crippen LogP contribution in [0.3, 0.4) is 0 Å². The Balaban J connectivity index is 2.02. The molecular formula is C23H33N3O3. The van der Waals surface area contributed by atoms with Gasteiger partial charge in [-0.3, -0.25) is 9.69 Å². The van der Waals surface area contributed by atoms with Crippen molar-refractivity contribution in [1.82, 2.24) is 14.8 Å². The van der Waals surface area contributed by atoms with Crippen molar-refractivity contribution in [3.63, 3.8) is 0 Å². The molecule has 1 fully saturated rings. The van der Waals surface area contributed by atoms with Crippen molar-refractivity contribution in [2.75, 3.05) is 34.4 Å². The van der Waals surface area contributed by atoms with E-state index in [1.54, 1.807) is 25.8 Å². The van der Waals surface area contributed by atoms with Gasteiger partial charge in [-0.1, -0.05) is 0 Å². The van der Waals surface area contributed by atoms with E-state index >= 15 is 0 Å².